The lowest BCUT2D eigenvalue weighted by Gasteiger charge is -2.26. The van der Waals surface area contributed by atoms with Gasteiger partial charge >= 0.3 is 12.1 Å². The normalized spacial score (nSPS) is 14.5. The zero-order valence-electron chi connectivity index (χ0n) is 11.7. The SMILES string of the molecule is CCCC(C)(NC(=O)c1cccn1CC(F)(F)F)C(=O)O. The summed E-state index contributed by atoms with van der Waals surface area (Å²) in [4.78, 5) is 23.3. The summed E-state index contributed by atoms with van der Waals surface area (Å²) in [6, 6.07) is 2.52. The lowest BCUT2D eigenvalue weighted by atomic mass is 9.96. The van der Waals surface area contributed by atoms with E-state index in [9.17, 15) is 22.8 Å². The predicted octanol–water partition coefficient (Wildman–Crippen LogP) is 2.42. The van der Waals surface area contributed by atoms with Gasteiger partial charge in [0.05, 0.1) is 0 Å². The summed E-state index contributed by atoms with van der Waals surface area (Å²) in [5.41, 5.74) is -1.74. The molecule has 0 saturated heterocycles. The molecule has 118 valence electrons. The number of halogens is 3. The highest BCUT2D eigenvalue weighted by Crippen LogP contribution is 2.20. The number of carboxylic acid groups (broad SMARTS) is 1. The second-order valence-electron chi connectivity index (χ2n) is 4.98. The summed E-state index contributed by atoms with van der Waals surface area (Å²) in [5.74, 6) is -2.07. The number of hydrogen-bond donors (Lipinski definition) is 2. The van der Waals surface area contributed by atoms with Crippen LogP contribution in [0.5, 0.6) is 0 Å². The number of amides is 1. The second-order valence-corrected chi connectivity index (χ2v) is 4.98. The highest BCUT2D eigenvalue weighted by molar-refractivity contribution is 5.96. The van der Waals surface area contributed by atoms with Gasteiger partial charge in [-0.15, -0.1) is 0 Å². The van der Waals surface area contributed by atoms with Crippen molar-refractivity contribution in [2.75, 3.05) is 0 Å². The van der Waals surface area contributed by atoms with E-state index in [1.807, 2.05) is 0 Å². The van der Waals surface area contributed by atoms with Gasteiger partial charge in [-0.2, -0.15) is 13.2 Å². The summed E-state index contributed by atoms with van der Waals surface area (Å²) in [6.45, 7) is 1.77. The number of carbonyl (C=O) groups excluding carboxylic acids is 1. The maximum atomic E-state index is 12.4. The highest BCUT2D eigenvalue weighted by atomic mass is 19.4. The van der Waals surface area contributed by atoms with Gasteiger partial charge in [-0.05, 0) is 25.5 Å². The van der Waals surface area contributed by atoms with Gasteiger partial charge in [-0.3, -0.25) is 4.79 Å². The van der Waals surface area contributed by atoms with E-state index in [1.165, 1.54) is 19.1 Å². The number of aliphatic carboxylic acids is 1. The Morgan fingerprint density at radius 1 is 1.38 bits per heavy atom. The number of nitrogens with one attached hydrogen (secondary N) is 1. The van der Waals surface area contributed by atoms with E-state index in [4.69, 9.17) is 5.11 Å². The molecule has 1 rings (SSSR count). The number of carbonyl (C=O) groups is 2. The van der Waals surface area contributed by atoms with E-state index in [0.717, 1.165) is 10.8 Å². The van der Waals surface area contributed by atoms with Crippen LogP contribution in [0.25, 0.3) is 0 Å². The molecular formula is C13H17F3N2O3. The Morgan fingerprint density at radius 3 is 2.48 bits per heavy atom. The predicted molar refractivity (Wildman–Crippen MR) is 68.9 cm³/mol. The average molecular weight is 306 g/mol. The molecule has 1 atom stereocenters. The summed E-state index contributed by atoms with van der Waals surface area (Å²) in [5, 5.41) is 11.5. The van der Waals surface area contributed by atoms with Crippen LogP contribution in [-0.4, -0.2) is 33.3 Å². The van der Waals surface area contributed by atoms with Crippen molar-refractivity contribution in [1.29, 1.82) is 0 Å². The van der Waals surface area contributed by atoms with Crippen molar-refractivity contribution in [3.63, 3.8) is 0 Å². The Bertz CT molecular complexity index is 525. The number of hydrogen-bond acceptors (Lipinski definition) is 2. The van der Waals surface area contributed by atoms with Crippen LogP contribution in [-0.2, 0) is 11.3 Å². The third kappa shape index (κ3) is 4.51. The van der Waals surface area contributed by atoms with Crippen molar-refractivity contribution in [3.8, 4) is 0 Å². The summed E-state index contributed by atoms with van der Waals surface area (Å²) in [6.07, 6.45) is -2.66. The summed E-state index contributed by atoms with van der Waals surface area (Å²) >= 11 is 0. The van der Waals surface area contributed by atoms with Gasteiger partial charge in [-0.1, -0.05) is 13.3 Å². The molecule has 0 fully saturated rings. The molecule has 1 unspecified atom stereocenters. The largest absolute Gasteiger partial charge is 0.480 e. The molecule has 0 saturated carbocycles. The van der Waals surface area contributed by atoms with E-state index in [1.54, 1.807) is 6.92 Å². The molecule has 1 aromatic heterocycles. The van der Waals surface area contributed by atoms with Crippen LogP contribution in [0, 0.1) is 0 Å². The van der Waals surface area contributed by atoms with Crippen molar-refractivity contribution < 1.29 is 27.9 Å². The molecule has 0 aliphatic carbocycles. The van der Waals surface area contributed by atoms with Crippen molar-refractivity contribution in [2.45, 2.75) is 44.9 Å². The zero-order valence-corrected chi connectivity index (χ0v) is 11.7. The monoisotopic (exact) mass is 306 g/mol. The lowest BCUT2D eigenvalue weighted by Crippen LogP contribution is -2.52. The first-order valence-corrected chi connectivity index (χ1v) is 6.37. The number of rotatable bonds is 6. The zero-order chi connectivity index (χ0) is 16.3. The summed E-state index contributed by atoms with van der Waals surface area (Å²) in [7, 11) is 0. The fourth-order valence-electron chi connectivity index (χ4n) is 1.99. The molecule has 0 spiro atoms. The van der Waals surface area contributed by atoms with Crippen LogP contribution < -0.4 is 5.32 Å². The van der Waals surface area contributed by atoms with Crippen molar-refractivity contribution in [3.05, 3.63) is 24.0 Å². The topological polar surface area (TPSA) is 71.3 Å². The molecule has 0 bridgehead atoms. The molecule has 0 aromatic carbocycles. The van der Waals surface area contributed by atoms with Crippen LogP contribution in [0.15, 0.2) is 18.3 Å². The molecule has 2 N–H and O–H groups in total. The Labute approximate surface area is 119 Å². The quantitative estimate of drug-likeness (QED) is 0.848. The van der Waals surface area contributed by atoms with Gasteiger partial charge in [0.1, 0.15) is 17.8 Å². The Balaban J connectivity index is 2.94. The third-order valence-corrected chi connectivity index (χ3v) is 3.02. The lowest BCUT2D eigenvalue weighted by molar-refractivity contribution is -0.144. The molecule has 1 amide bonds. The first-order chi connectivity index (χ1) is 9.59. The van der Waals surface area contributed by atoms with E-state index < -0.39 is 30.1 Å². The van der Waals surface area contributed by atoms with Gasteiger partial charge in [0.15, 0.2) is 0 Å². The highest BCUT2D eigenvalue weighted by Gasteiger charge is 2.35. The third-order valence-electron chi connectivity index (χ3n) is 3.02. The van der Waals surface area contributed by atoms with Gasteiger partial charge < -0.3 is 15.0 Å². The number of alkyl halides is 3. The molecule has 0 aliphatic rings. The molecule has 0 aliphatic heterocycles. The Morgan fingerprint density at radius 2 is 2.00 bits per heavy atom. The van der Waals surface area contributed by atoms with E-state index in [-0.39, 0.29) is 12.1 Å². The van der Waals surface area contributed by atoms with Gasteiger partial charge in [-0.25, -0.2) is 4.79 Å². The molecule has 21 heavy (non-hydrogen) atoms. The van der Waals surface area contributed by atoms with Crippen LogP contribution >= 0.6 is 0 Å². The van der Waals surface area contributed by atoms with E-state index in [0.29, 0.717) is 6.42 Å². The minimum absolute atomic E-state index is 0.175. The van der Waals surface area contributed by atoms with E-state index >= 15 is 0 Å². The van der Waals surface area contributed by atoms with Crippen LogP contribution in [0.4, 0.5) is 13.2 Å². The van der Waals surface area contributed by atoms with E-state index in [2.05, 4.69) is 5.32 Å². The average Bonchev–Trinajstić information content (AvgIpc) is 2.74. The molecule has 1 heterocycles. The number of aromatic nitrogens is 1. The molecule has 5 nitrogen and oxygen atoms in total. The molecular weight excluding hydrogens is 289 g/mol. The Kier molecular flexibility index (Phi) is 5.03. The first kappa shape index (κ1) is 17.1. The standard InChI is InChI=1S/C13H17F3N2O3/c1-3-6-12(2,11(20)21)17-10(19)9-5-4-7-18(9)8-13(14,15)16/h4-5,7H,3,6,8H2,1-2H3,(H,17,19)(H,20,21). The smallest absolute Gasteiger partial charge is 0.406 e. The first-order valence-electron chi connectivity index (χ1n) is 6.37. The maximum Gasteiger partial charge on any atom is 0.406 e. The van der Waals surface area contributed by atoms with Gasteiger partial charge in [0.25, 0.3) is 5.91 Å². The van der Waals surface area contributed by atoms with Crippen molar-refractivity contribution in [2.24, 2.45) is 0 Å². The minimum Gasteiger partial charge on any atom is -0.480 e. The maximum absolute atomic E-state index is 12.4. The Hall–Kier alpha value is -1.99. The van der Waals surface area contributed by atoms with Gasteiger partial charge in [0.2, 0.25) is 0 Å². The van der Waals surface area contributed by atoms with Crippen molar-refractivity contribution in [1.82, 2.24) is 9.88 Å². The van der Waals surface area contributed by atoms with Crippen LogP contribution in [0.2, 0.25) is 0 Å². The van der Waals surface area contributed by atoms with Crippen molar-refractivity contribution >= 4 is 11.9 Å². The summed E-state index contributed by atoms with van der Waals surface area (Å²) < 4.78 is 37.9. The number of nitrogens with zero attached hydrogens (tertiary/aromatic N) is 1. The van der Waals surface area contributed by atoms with Crippen LogP contribution in [0.3, 0.4) is 0 Å². The number of carboxylic acids is 1. The molecule has 1 aromatic rings. The molecule has 0 radical (unpaired) electrons. The molecule has 8 heteroatoms. The van der Waals surface area contributed by atoms with Gasteiger partial charge in [0, 0.05) is 6.20 Å². The fraction of sp³-hybridized carbons (Fsp3) is 0.538. The minimum atomic E-state index is -4.46. The second kappa shape index (κ2) is 6.19. The fourth-order valence-corrected chi connectivity index (χ4v) is 1.99. The van der Waals surface area contributed by atoms with Crippen LogP contribution in [0.1, 0.15) is 37.2 Å².